The first-order valence-corrected chi connectivity index (χ1v) is 10.3. The van der Waals surface area contributed by atoms with Gasteiger partial charge in [-0.25, -0.2) is 9.59 Å². The van der Waals surface area contributed by atoms with Gasteiger partial charge in [0.2, 0.25) is 0 Å². The van der Waals surface area contributed by atoms with Gasteiger partial charge in [0.15, 0.2) is 0 Å². The van der Waals surface area contributed by atoms with Gasteiger partial charge in [-0.15, -0.1) is 5.92 Å². The summed E-state index contributed by atoms with van der Waals surface area (Å²) in [5.41, 5.74) is 5.28. The predicted octanol–water partition coefficient (Wildman–Crippen LogP) is 4.07. The fourth-order valence-electron chi connectivity index (χ4n) is 3.44. The molecule has 2 rings (SSSR count). The van der Waals surface area contributed by atoms with E-state index in [4.69, 9.17) is 9.84 Å². The van der Waals surface area contributed by atoms with Crippen LogP contribution in [0.2, 0.25) is 0 Å². The van der Waals surface area contributed by atoms with Crippen LogP contribution in [-0.2, 0) is 29.0 Å². The topological polar surface area (TPSA) is 95.9 Å². The van der Waals surface area contributed by atoms with E-state index in [-0.39, 0.29) is 19.1 Å². The van der Waals surface area contributed by atoms with Crippen molar-refractivity contribution >= 4 is 23.7 Å². The van der Waals surface area contributed by atoms with Crippen LogP contribution in [0.4, 0.5) is 10.5 Å². The van der Waals surface area contributed by atoms with Crippen LogP contribution in [0.15, 0.2) is 11.6 Å². The number of nitrogens with zero attached hydrogens (tertiary/aromatic N) is 1. The lowest BCUT2D eigenvalue weighted by Crippen LogP contribution is -2.29. The highest BCUT2D eigenvalue weighted by Crippen LogP contribution is 2.38. The Morgan fingerprint density at radius 2 is 1.94 bits per heavy atom. The minimum Gasteiger partial charge on any atom is -0.481 e. The first-order chi connectivity index (χ1) is 14.7. The number of carboxylic acids is 1. The summed E-state index contributed by atoms with van der Waals surface area (Å²) in [6.45, 7) is 5.98. The monoisotopic (exact) mass is 426 g/mol. The molecule has 7 nitrogen and oxygen atoms in total. The van der Waals surface area contributed by atoms with E-state index in [0.29, 0.717) is 30.5 Å². The van der Waals surface area contributed by atoms with Crippen molar-refractivity contribution in [3.05, 3.63) is 39.5 Å². The number of carbonyl (C=O) groups excluding carboxylic acids is 2. The molecule has 2 amide bonds. The summed E-state index contributed by atoms with van der Waals surface area (Å²) in [5.74, 6) is 4.95. The van der Waals surface area contributed by atoms with Crippen LogP contribution in [0.5, 0.6) is 0 Å². The average molecular weight is 427 g/mol. The molecule has 2 N–H and O–H groups in total. The van der Waals surface area contributed by atoms with Gasteiger partial charge in [-0.3, -0.25) is 4.79 Å². The Morgan fingerprint density at radius 3 is 2.55 bits per heavy atom. The van der Waals surface area contributed by atoms with Crippen LogP contribution < -0.4 is 5.32 Å². The smallest absolute Gasteiger partial charge is 0.341 e. The quantitative estimate of drug-likeness (QED) is 0.389. The number of carbonyl (C=O) groups is 3. The summed E-state index contributed by atoms with van der Waals surface area (Å²) < 4.78 is 5.29. The molecule has 0 saturated heterocycles. The molecule has 0 unspecified atom stereocenters. The lowest BCUT2D eigenvalue weighted by molar-refractivity contribution is -0.136. The number of urea groups is 1. The summed E-state index contributed by atoms with van der Waals surface area (Å²) in [5, 5.41) is 11.8. The van der Waals surface area contributed by atoms with E-state index in [1.165, 1.54) is 4.90 Å². The number of carboxylic acid groups (broad SMARTS) is 1. The fourth-order valence-corrected chi connectivity index (χ4v) is 3.44. The van der Waals surface area contributed by atoms with E-state index in [2.05, 4.69) is 17.2 Å². The summed E-state index contributed by atoms with van der Waals surface area (Å²) in [6, 6.07) is -0.343. The van der Waals surface area contributed by atoms with Crippen molar-refractivity contribution in [3.8, 4) is 11.8 Å². The molecule has 1 aliphatic heterocycles. The first-order valence-electron chi connectivity index (χ1n) is 10.3. The Morgan fingerprint density at radius 1 is 1.23 bits per heavy atom. The van der Waals surface area contributed by atoms with Crippen LogP contribution >= 0.6 is 0 Å². The van der Waals surface area contributed by atoms with Gasteiger partial charge in [-0.1, -0.05) is 24.5 Å². The highest BCUT2D eigenvalue weighted by atomic mass is 16.5. The maximum atomic E-state index is 12.5. The zero-order valence-corrected chi connectivity index (χ0v) is 18.8. The van der Waals surface area contributed by atoms with Crippen LogP contribution in [0.1, 0.15) is 65.7 Å². The molecule has 1 aliphatic rings. The van der Waals surface area contributed by atoms with Crippen LogP contribution in [0.3, 0.4) is 0 Å². The Balaban J connectivity index is 2.63. The van der Waals surface area contributed by atoms with E-state index in [1.54, 1.807) is 14.1 Å². The number of benzene rings is 1. The van der Waals surface area contributed by atoms with Crippen LogP contribution in [-0.4, -0.2) is 42.1 Å². The number of fused-ring (bicyclic) bond motifs is 1. The van der Waals surface area contributed by atoms with E-state index in [0.717, 1.165) is 34.2 Å². The third kappa shape index (κ3) is 5.88. The van der Waals surface area contributed by atoms with Crippen molar-refractivity contribution in [1.82, 2.24) is 4.90 Å². The van der Waals surface area contributed by atoms with Gasteiger partial charge in [-0.05, 0) is 43.4 Å². The summed E-state index contributed by atoms with van der Waals surface area (Å²) in [7, 11) is 3.26. The zero-order chi connectivity index (χ0) is 23.1. The van der Waals surface area contributed by atoms with Crippen molar-refractivity contribution in [2.75, 3.05) is 19.4 Å². The molecule has 0 aromatic heterocycles. The molecule has 0 atom stereocenters. The Kier molecular flexibility index (Phi) is 8.26. The molecule has 1 heterocycles. The van der Waals surface area contributed by atoms with Gasteiger partial charge in [0, 0.05) is 38.9 Å². The summed E-state index contributed by atoms with van der Waals surface area (Å²) >= 11 is 0. The average Bonchev–Trinajstić information content (AvgIpc) is 3.10. The Bertz CT molecular complexity index is 980. The highest BCUT2D eigenvalue weighted by molar-refractivity contribution is 6.05. The zero-order valence-electron chi connectivity index (χ0n) is 18.8. The molecule has 0 spiro atoms. The van der Waals surface area contributed by atoms with Crippen molar-refractivity contribution in [2.24, 2.45) is 0 Å². The van der Waals surface area contributed by atoms with Crippen LogP contribution in [0.25, 0.3) is 0 Å². The van der Waals surface area contributed by atoms with E-state index >= 15 is 0 Å². The molecule has 0 bridgehead atoms. The maximum absolute atomic E-state index is 12.5. The lowest BCUT2D eigenvalue weighted by atomic mass is 9.87. The molecular formula is C24H30N2O5. The number of nitrogens with one attached hydrogen (secondary N) is 1. The second-order valence-electron chi connectivity index (χ2n) is 7.74. The molecular weight excluding hydrogens is 396 g/mol. The molecule has 0 fully saturated rings. The molecule has 31 heavy (non-hydrogen) atoms. The predicted molar refractivity (Wildman–Crippen MR) is 119 cm³/mol. The Hall–Kier alpha value is -3.27. The number of hydrogen-bond acceptors (Lipinski definition) is 4. The van der Waals surface area contributed by atoms with Crippen molar-refractivity contribution in [3.63, 3.8) is 0 Å². The SMILES string of the molecule is CCC#CCc1c(C)c2c(c(NC(=O)N(C)C)c1C/C=C(\C)CCC(=O)O)C(=O)OC2. The van der Waals surface area contributed by atoms with Crippen molar-refractivity contribution < 1.29 is 24.2 Å². The van der Waals surface area contributed by atoms with E-state index in [9.17, 15) is 14.4 Å². The normalized spacial score (nSPS) is 12.5. The largest absolute Gasteiger partial charge is 0.481 e. The number of anilines is 1. The molecule has 166 valence electrons. The number of ether oxygens (including phenoxy) is 1. The van der Waals surface area contributed by atoms with Gasteiger partial charge in [0.25, 0.3) is 0 Å². The minimum atomic E-state index is -0.849. The summed E-state index contributed by atoms with van der Waals surface area (Å²) in [4.78, 5) is 37.3. The van der Waals surface area contributed by atoms with E-state index < -0.39 is 11.9 Å². The molecule has 7 heteroatoms. The maximum Gasteiger partial charge on any atom is 0.341 e. The molecule has 0 aliphatic carbocycles. The molecule has 0 saturated carbocycles. The standard InChI is InChI=1S/C24H30N2O5/c1-6-7-8-9-17-16(3)19-14-31-23(29)21(19)22(25-24(30)26(4)5)18(17)12-10-15(2)11-13-20(27)28/h10H,6,9,11-14H2,1-5H3,(H,25,30)(H,27,28)/b15-10+. The third-order valence-electron chi connectivity index (χ3n) is 5.27. The van der Waals surface area contributed by atoms with E-state index in [1.807, 2.05) is 26.8 Å². The van der Waals surface area contributed by atoms with Crippen molar-refractivity contribution in [1.29, 1.82) is 0 Å². The van der Waals surface area contributed by atoms with Gasteiger partial charge in [0.05, 0.1) is 11.3 Å². The number of amides is 2. The van der Waals surface area contributed by atoms with Gasteiger partial charge >= 0.3 is 18.0 Å². The van der Waals surface area contributed by atoms with Gasteiger partial charge in [-0.2, -0.15) is 0 Å². The van der Waals surface area contributed by atoms with Crippen LogP contribution in [0, 0.1) is 18.8 Å². The molecule has 1 aromatic carbocycles. The number of rotatable bonds is 7. The second-order valence-corrected chi connectivity index (χ2v) is 7.74. The Labute approximate surface area is 183 Å². The number of hydrogen-bond donors (Lipinski definition) is 2. The number of allylic oxidation sites excluding steroid dienone is 2. The minimum absolute atomic E-state index is 0.0525. The number of esters is 1. The molecule has 0 radical (unpaired) electrons. The number of cyclic esters (lactones) is 1. The van der Waals surface area contributed by atoms with Gasteiger partial charge in [0.1, 0.15) is 6.61 Å². The van der Waals surface area contributed by atoms with Crippen molar-refractivity contribution in [2.45, 2.75) is 59.5 Å². The second kappa shape index (κ2) is 10.7. The molecule has 1 aromatic rings. The lowest BCUT2D eigenvalue weighted by Gasteiger charge is -2.21. The first kappa shape index (κ1) is 24.0. The third-order valence-corrected chi connectivity index (χ3v) is 5.27. The highest BCUT2D eigenvalue weighted by Gasteiger charge is 2.32. The fraction of sp³-hybridized carbons (Fsp3) is 0.458. The summed E-state index contributed by atoms with van der Waals surface area (Å²) in [6.07, 6.45) is 4.11. The number of aliphatic carboxylic acids is 1. The van der Waals surface area contributed by atoms with Gasteiger partial charge < -0.3 is 20.1 Å².